The van der Waals surface area contributed by atoms with Gasteiger partial charge in [-0.2, -0.15) is 0 Å². The molecule has 4 heteroatoms. The van der Waals surface area contributed by atoms with Crippen molar-refractivity contribution in [3.8, 4) is 0 Å². The minimum Gasteiger partial charge on any atom is -0.465 e. The van der Waals surface area contributed by atoms with Crippen LogP contribution in [0, 0.1) is 0 Å². The summed E-state index contributed by atoms with van der Waals surface area (Å²) in [6, 6.07) is 6.89. The second kappa shape index (κ2) is 5.30. The van der Waals surface area contributed by atoms with Gasteiger partial charge in [0.25, 0.3) is 0 Å². The van der Waals surface area contributed by atoms with E-state index in [-0.39, 0.29) is 17.9 Å². The lowest BCUT2D eigenvalue weighted by molar-refractivity contribution is -0.119. The van der Waals surface area contributed by atoms with Gasteiger partial charge in [-0.3, -0.25) is 4.79 Å². The van der Waals surface area contributed by atoms with Gasteiger partial charge in [-0.25, -0.2) is 4.79 Å². The molecule has 1 rings (SSSR count). The molecule has 0 aliphatic rings. The van der Waals surface area contributed by atoms with E-state index in [9.17, 15) is 9.59 Å². The van der Waals surface area contributed by atoms with Crippen molar-refractivity contribution in [2.24, 2.45) is 0 Å². The van der Waals surface area contributed by atoms with Gasteiger partial charge in [0, 0.05) is 6.92 Å². The summed E-state index contributed by atoms with van der Waals surface area (Å²) in [5, 5.41) is 2.77. The maximum absolute atomic E-state index is 11.2. The van der Waals surface area contributed by atoms with E-state index in [1.165, 1.54) is 14.0 Å². The van der Waals surface area contributed by atoms with Crippen molar-refractivity contribution in [2.45, 2.75) is 19.9 Å². The average molecular weight is 221 g/mol. The fourth-order valence-corrected chi connectivity index (χ4v) is 1.41. The monoisotopic (exact) mass is 221 g/mol. The summed E-state index contributed by atoms with van der Waals surface area (Å²) in [4.78, 5) is 22.0. The summed E-state index contributed by atoms with van der Waals surface area (Å²) in [7, 11) is 1.34. The lowest BCUT2D eigenvalue weighted by atomic mass is 10.1. The molecule has 1 aromatic rings. The summed E-state index contributed by atoms with van der Waals surface area (Å²) in [6.45, 7) is 3.36. The summed E-state index contributed by atoms with van der Waals surface area (Å²) < 4.78 is 4.59. The van der Waals surface area contributed by atoms with Gasteiger partial charge in [-0.15, -0.1) is 0 Å². The Kier molecular flexibility index (Phi) is 4.05. The van der Waals surface area contributed by atoms with E-state index in [0.29, 0.717) is 5.56 Å². The molecule has 0 radical (unpaired) electrons. The zero-order valence-electron chi connectivity index (χ0n) is 9.61. The maximum atomic E-state index is 11.2. The van der Waals surface area contributed by atoms with Gasteiger partial charge >= 0.3 is 5.97 Å². The van der Waals surface area contributed by atoms with Crippen LogP contribution >= 0.6 is 0 Å². The second-order valence-electron chi connectivity index (χ2n) is 3.54. The molecule has 0 saturated carbocycles. The average Bonchev–Trinajstić information content (AvgIpc) is 2.27. The van der Waals surface area contributed by atoms with Gasteiger partial charge in [0.1, 0.15) is 0 Å². The Hall–Kier alpha value is -1.84. The molecule has 86 valence electrons. The Labute approximate surface area is 94.6 Å². The van der Waals surface area contributed by atoms with Crippen molar-refractivity contribution in [1.29, 1.82) is 0 Å². The van der Waals surface area contributed by atoms with E-state index in [1.54, 1.807) is 24.3 Å². The zero-order chi connectivity index (χ0) is 12.1. The topological polar surface area (TPSA) is 55.4 Å². The minimum atomic E-state index is -0.362. The fourth-order valence-electron chi connectivity index (χ4n) is 1.41. The maximum Gasteiger partial charge on any atom is 0.337 e. The number of hydrogen-bond donors (Lipinski definition) is 1. The number of ether oxygens (including phenoxy) is 1. The smallest absolute Gasteiger partial charge is 0.337 e. The van der Waals surface area contributed by atoms with Crippen LogP contribution < -0.4 is 5.32 Å². The molecule has 1 aromatic carbocycles. The predicted molar refractivity (Wildman–Crippen MR) is 60.0 cm³/mol. The van der Waals surface area contributed by atoms with E-state index < -0.39 is 0 Å². The van der Waals surface area contributed by atoms with E-state index in [1.807, 2.05) is 6.92 Å². The molecule has 4 nitrogen and oxygen atoms in total. The Morgan fingerprint density at radius 2 is 1.81 bits per heavy atom. The zero-order valence-corrected chi connectivity index (χ0v) is 9.61. The quantitative estimate of drug-likeness (QED) is 0.790. The first kappa shape index (κ1) is 12.2. The summed E-state index contributed by atoms with van der Waals surface area (Å²) >= 11 is 0. The molecule has 0 bridgehead atoms. The summed E-state index contributed by atoms with van der Waals surface area (Å²) in [6.07, 6.45) is 0. The van der Waals surface area contributed by atoms with Crippen LogP contribution in [0.2, 0.25) is 0 Å². The lowest BCUT2D eigenvalue weighted by Gasteiger charge is -2.12. The number of rotatable bonds is 3. The van der Waals surface area contributed by atoms with Crippen LogP contribution in [0.15, 0.2) is 24.3 Å². The van der Waals surface area contributed by atoms with Crippen LogP contribution in [0.4, 0.5) is 0 Å². The van der Waals surface area contributed by atoms with Crippen LogP contribution in [0.5, 0.6) is 0 Å². The van der Waals surface area contributed by atoms with E-state index in [2.05, 4.69) is 10.1 Å². The van der Waals surface area contributed by atoms with Gasteiger partial charge in [0.2, 0.25) is 5.91 Å². The van der Waals surface area contributed by atoms with Crippen LogP contribution in [-0.4, -0.2) is 19.0 Å². The van der Waals surface area contributed by atoms with Crippen molar-refractivity contribution in [3.63, 3.8) is 0 Å². The van der Waals surface area contributed by atoms with Gasteiger partial charge in [0.15, 0.2) is 0 Å². The molecule has 0 aliphatic heterocycles. The Morgan fingerprint density at radius 1 is 1.25 bits per heavy atom. The molecule has 1 atom stereocenters. The molecule has 0 unspecified atom stereocenters. The van der Waals surface area contributed by atoms with E-state index >= 15 is 0 Å². The fraction of sp³-hybridized carbons (Fsp3) is 0.333. The molecule has 1 amide bonds. The molecule has 0 aliphatic carbocycles. The molecule has 16 heavy (non-hydrogen) atoms. The van der Waals surface area contributed by atoms with Crippen molar-refractivity contribution in [2.75, 3.05) is 7.11 Å². The number of carbonyl (C=O) groups excluding carboxylic acids is 2. The highest BCUT2D eigenvalue weighted by atomic mass is 16.5. The Morgan fingerprint density at radius 3 is 2.25 bits per heavy atom. The van der Waals surface area contributed by atoms with Crippen molar-refractivity contribution >= 4 is 11.9 Å². The summed E-state index contributed by atoms with van der Waals surface area (Å²) in [5.74, 6) is -0.441. The van der Waals surface area contributed by atoms with Gasteiger partial charge < -0.3 is 10.1 Å². The third kappa shape index (κ3) is 3.08. The standard InChI is InChI=1S/C12H15NO3/c1-8(13-9(2)14)10-4-6-11(7-5-10)12(15)16-3/h4-8H,1-3H3,(H,13,14)/t8-/m0/s1. The van der Waals surface area contributed by atoms with E-state index in [0.717, 1.165) is 5.56 Å². The van der Waals surface area contributed by atoms with Crippen molar-refractivity contribution in [1.82, 2.24) is 5.32 Å². The molecular weight excluding hydrogens is 206 g/mol. The molecule has 0 spiro atoms. The Balaban J connectivity index is 2.78. The number of carbonyl (C=O) groups is 2. The highest BCUT2D eigenvalue weighted by molar-refractivity contribution is 5.89. The number of benzene rings is 1. The van der Waals surface area contributed by atoms with Crippen LogP contribution in [0.25, 0.3) is 0 Å². The number of esters is 1. The normalized spacial score (nSPS) is 11.7. The molecule has 1 N–H and O–H groups in total. The van der Waals surface area contributed by atoms with Gasteiger partial charge in [0.05, 0.1) is 18.7 Å². The number of nitrogens with one attached hydrogen (secondary N) is 1. The van der Waals surface area contributed by atoms with Crippen molar-refractivity contribution in [3.05, 3.63) is 35.4 Å². The third-order valence-electron chi connectivity index (χ3n) is 2.25. The first-order valence-electron chi connectivity index (χ1n) is 5.00. The summed E-state index contributed by atoms with van der Waals surface area (Å²) in [5.41, 5.74) is 1.45. The first-order chi connectivity index (χ1) is 7.54. The highest BCUT2D eigenvalue weighted by Crippen LogP contribution is 2.13. The molecule has 0 aromatic heterocycles. The van der Waals surface area contributed by atoms with Gasteiger partial charge in [-0.05, 0) is 24.6 Å². The van der Waals surface area contributed by atoms with Crippen LogP contribution in [0.1, 0.15) is 35.8 Å². The number of hydrogen-bond acceptors (Lipinski definition) is 3. The molecule has 0 fully saturated rings. The molecule has 0 saturated heterocycles. The molecular formula is C12H15NO3. The largest absolute Gasteiger partial charge is 0.465 e. The number of methoxy groups -OCH3 is 1. The highest BCUT2D eigenvalue weighted by Gasteiger charge is 2.08. The van der Waals surface area contributed by atoms with Crippen LogP contribution in [-0.2, 0) is 9.53 Å². The minimum absolute atomic E-state index is 0.0656. The van der Waals surface area contributed by atoms with Crippen molar-refractivity contribution < 1.29 is 14.3 Å². The third-order valence-corrected chi connectivity index (χ3v) is 2.25. The number of amides is 1. The predicted octanol–water partition coefficient (Wildman–Crippen LogP) is 1.67. The van der Waals surface area contributed by atoms with E-state index in [4.69, 9.17) is 0 Å². The SMILES string of the molecule is COC(=O)c1ccc([C@H](C)NC(C)=O)cc1. The Bertz CT molecular complexity index is 384. The van der Waals surface area contributed by atoms with Crippen LogP contribution in [0.3, 0.4) is 0 Å². The van der Waals surface area contributed by atoms with Gasteiger partial charge in [-0.1, -0.05) is 12.1 Å². The lowest BCUT2D eigenvalue weighted by Crippen LogP contribution is -2.23. The molecule has 0 heterocycles. The second-order valence-corrected chi connectivity index (χ2v) is 3.54. The first-order valence-corrected chi connectivity index (χ1v) is 5.00.